The van der Waals surface area contributed by atoms with Crippen LogP contribution in [0.25, 0.3) is 0 Å². The molecule has 0 aromatic carbocycles. The van der Waals surface area contributed by atoms with E-state index in [2.05, 4.69) is 15.3 Å². The Kier molecular flexibility index (Phi) is 4.89. The third-order valence-corrected chi connectivity index (χ3v) is 6.13. The molecule has 1 aliphatic carbocycles. The number of carbonyl (C=O) groups is 1. The van der Waals surface area contributed by atoms with Gasteiger partial charge in [0.25, 0.3) is 0 Å². The van der Waals surface area contributed by atoms with Crippen LogP contribution in [0.3, 0.4) is 0 Å². The van der Waals surface area contributed by atoms with Crippen LogP contribution in [0.1, 0.15) is 54.4 Å². The highest BCUT2D eigenvalue weighted by molar-refractivity contribution is 7.15. The van der Waals surface area contributed by atoms with Crippen LogP contribution in [-0.2, 0) is 4.79 Å². The summed E-state index contributed by atoms with van der Waals surface area (Å²) in [4.78, 5) is 29.6. The molecule has 4 rings (SSSR count). The van der Waals surface area contributed by atoms with Gasteiger partial charge in [0.15, 0.2) is 5.13 Å². The molecule has 1 atom stereocenters. The molecule has 26 heavy (non-hydrogen) atoms. The van der Waals surface area contributed by atoms with Gasteiger partial charge in [-0.05, 0) is 33.1 Å². The summed E-state index contributed by atoms with van der Waals surface area (Å²) in [5, 5.41) is 4.13. The smallest absolute Gasteiger partial charge is 0.225 e. The lowest BCUT2D eigenvalue weighted by molar-refractivity contribution is -0.134. The lowest BCUT2D eigenvalue weighted by atomic mass is 10.1. The van der Waals surface area contributed by atoms with Crippen molar-refractivity contribution in [3.63, 3.8) is 0 Å². The molecule has 138 valence electrons. The van der Waals surface area contributed by atoms with Gasteiger partial charge in [-0.25, -0.2) is 15.0 Å². The molecule has 7 heteroatoms. The summed E-state index contributed by atoms with van der Waals surface area (Å²) in [5.41, 5.74) is 0.936. The summed E-state index contributed by atoms with van der Waals surface area (Å²) in [6.07, 6.45) is 7.30. The second kappa shape index (κ2) is 7.31. The Labute approximate surface area is 158 Å². The zero-order valence-corrected chi connectivity index (χ0v) is 16.2. The molecule has 2 aromatic heterocycles. The monoisotopic (exact) mass is 371 g/mol. The van der Waals surface area contributed by atoms with Gasteiger partial charge in [-0.3, -0.25) is 4.79 Å². The number of aromatic nitrogens is 3. The van der Waals surface area contributed by atoms with Crippen molar-refractivity contribution >= 4 is 28.2 Å². The van der Waals surface area contributed by atoms with E-state index in [1.54, 1.807) is 11.3 Å². The van der Waals surface area contributed by atoms with E-state index in [-0.39, 0.29) is 11.8 Å². The van der Waals surface area contributed by atoms with E-state index in [0.29, 0.717) is 5.91 Å². The van der Waals surface area contributed by atoms with Gasteiger partial charge in [-0.15, -0.1) is 11.3 Å². The van der Waals surface area contributed by atoms with Crippen LogP contribution in [0.15, 0.2) is 12.3 Å². The summed E-state index contributed by atoms with van der Waals surface area (Å²) in [5.74, 6) is 2.43. The molecule has 0 spiro atoms. The maximum Gasteiger partial charge on any atom is 0.225 e. The second-order valence-electron chi connectivity index (χ2n) is 7.41. The molecule has 6 nitrogen and oxygen atoms in total. The number of hydrogen-bond donors (Lipinski definition) is 1. The van der Waals surface area contributed by atoms with Gasteiger partial charge in [0, 0.05) is 47.8 Å². The number of likely N-dealkylation sites (tertiary alicyclic amines) is 1. The standard InChI is InChI=1S/C19H25N5OS/c1-12-9-16(23-19-20-10-13(2)26-19)22-17(21-12)15-7-8-24(11-15)18(25)14-5-3-4-6-14/h9-10,14-15H,3-8,11H2,1-2H3,(H,20,21,22,23). The van der Waals surface area contributed by atoms with Gasteiger partial charge in [-0.2, -0.15) is 0 Å². The highest BCUT2D eigenvalue weighted by Gasteiger charge is 2.34. The molecule has 1 unspecified atom stereocenters. The number of rotatable bonds is 4. The third-order valence-electron chi connectivity index (χ3n) is 5.30. The molecule has 1 saturated heterocycles. The van der Waals surface area contributed by atoms with Crippen LogP contribution >= 0.6 is 11.3 Å². The van der Waals surface area contributed by atoms with Crippen LogP contribution in [0.2, 0.25) is 0 Å². The van der Waals surface area contributed by atoms with Crippen LogP contribution in [-0.4, -0.2) is 38.8 Å². The molecule has 2 aromatic rings. The molecule has 1 N–H and O–H groups in total. The first-order chi connectivity index (χ1) is 12.6. The highest BCUT2D eigenvalue weighted by atomic mass is 32.1. The van der Waals surface area contributed by atoms with E-state index in [0.717, 1.165) is 59.7 Å². The minimum atomic E-state index is 0.221. The maximum atomic E-state index is 12.7. The molecule has 1 amide bonds. The zero-order valence-electron chi connectivity index (χ0n) is 15.4. The predicted molar refractivity (Wildman–Crippen MR) is 103 cm³/mol. The van der Waals surface area contributed by atoms with Gasteiger partial charge >= 0.3 is 0 Å². The van der Waals surface area contributed by atoms with Crippen molar-refractivity contribution in [2.24, 2.45) is 5.92 Å². The van der Waals surface area contributed by atoms with E-state index in [1.165, 1.54) is 12.8 Å². The van der Waals surface area contributed by atoms with Gasteiger partial charge in [0.2, 0.25) is 5.91 Å². The Morgan fingerprint density at radius 3 is 2.77 bits per heavy atom. The predicted octanol–water partition coefficient (Wildman–Crippen LogP) is 3.80. The minimum Gasteiger partial charge on any atom is -0.342 e. The lowest BCUT2D eigenvalue weighted by Crippen LogP contribution is -2.33. The summed E-state index contributed by atoms with van der Waals surface area (Å²) < 4.78 is 0. The average molecular weight is 372 g/mol. The summed E-state index contributed by atoms with van der Waals surface area (Å²) in [6.45, 7) is 5.59. The molecule has 2 fully saturated rings. The van der Waals surface area contributed by atoms with Crippen LogP contribution in [0.5, 0.6) is 0 Å². The summed E-state index contributed by atoms with van der Waals surface area (Å²) in [6, 6.07) is 1.94. The van der Waals surface area contributed by atoms with Crippen molar-refractivity contribution in [2.45, 2.75) is 51.9 Å². The first-order valence-electron chi connectivity index (χ1n) is 9.42. The topological polar surface area (TPSA) is 71.0 Å². The fourth-order valence-electron chi connectivity index (χ4n) is 3.96. The molecule has 3 heterocycles. The Morgan fingerprint density at radius 2 is 2.04 bits per heavy atom. The lowest BCUT2D eigenvalue weighted by Gasteiger charge is -2.20. The zero-order chi connectivity index (χ0) is 18.1. The fraction of sp³-hybridized carbons (Fsp3) is 0.579. The van der Waals surface area contributed by atoms with Crippen molar-refractivity contribution in [3.8, 4) is 0 Å². The minimum absolute atomic E-state index is 0.221. The molecule has 0 radical (unpaired) electrons. The Bertz CT molecular complexity index is 799. The van der Waals surface area contributed by atoms with Crippen molar-refractivity contribution in [2.75, 3.05) is 18.4 Å². The molecule has 2 aliphatic rings. The number of nitrogens with zero attached hydrogens (tertiary/aromatic N) is 4. The molecule has 1 saturated carbocycles. The molecular weight excluding hydrogens is 346 g/mol. The number of thiazole rings is 1. The van der Waals surface area contributed by atoms with Crippen LogP contribution in [0.4, 0.5) is 10.9 Å². The number of aryl methyl sites for hydroxylation is 2. The van der Waals surface area contributed by atoms with E-state index in [1.807, 2.05) is 31.0 Å². The van der Waals surface area contributed by atoms with E-state index in [9.17, 15) is 4.79 Å². The SMILES string of the molecule is Cc1cc(Nc2ncc(C)s2)nc(C2CCN(C(=O)C3CCCC3)C2)n1. The van der Waals surface area contributed by atoms with Crippen LogP contribution in [0, 0.1) is 19.8 Å². The van der Waals surface area contributed by atoms with Gasteiger partial charge in [0.05, 0.1) is 0 Å². The first-order valence-corrected chi connectivity index (χ1v) is 10.2. The largest absolute Gasteiger partial charge is 0.342 e. The van der Waals surface area contributed by atoms with E-state index < -0.39 is 0 Å². The van der Waals surface area contributed by atoms with Gasteiger partial charge in [-0.1, -0.05) is 12.8 Å². The molecule has 1 aliphatic heterocycles. The first kappa shape index (κ1) is 17.4. The Morgan fingerprint density at radius 1 is 1.23 bits per heavy atom. The third kappa shape index (κ3) is 3.72. The number of hydrogen-bond acceptors (Lipinski definition) is 6. The number of carbonyl (C=O) groups excluding carboxylic acids is 1. The highest BCUT2D eigenvalue weighted by Crippen LogP contribution is 2.32. The maximum absolute atomic E-state index is 12.7. The summed E-state index contributed by atoms with van der Waals surface area (Å²) in [7, 11) is 0. The summed E-state index contributed by atoms with van der Waals surface area (Å²) >= 11 is 1.61. The Hall–Kier alpha value is -2.02. The van der Waals surface area contributed by atoms with Crippen molar-refractivity contribution in [1.29, 1.82) is 0 Å². The van der Waals surface area contributed by atoms with Gasteiger partial charge in [0.1, 0.15) is 11.6 Å². The second-order valence-corrected chi connectivity index (χ2v) is 8.64. The van der Waals surface area contributed by atoms with E-state index in [4.69, 9.17) is 4.98 Å². The van der Waals surface area contributed by atoms with Crippen molar-refractivity contribution < 1.29 is 4.79 Å². The van der Waals surface area contributed by atoms with Crippen molar-refractivity contribution in [3.05, 3.63) is 28.7 Å². The van der Waals surface area contributed by atoms with E-state index >= 15 is 0 Å². The molecule has 0 bridgehead atoms. The number of nitrogens with one attached hydrogen (secondary N) is 1. The van der Waals surface area contributed by atoms with Crippen LogP contribution < -0.4 is 5.32 Å². The normalized spacial score (nSPS) is 20.7. The number of anilines is 2. The van der Waals surface area contributed by atoms with Gasteiger partial charge < -0.3 is 10.2 Å². The average Bonchev–Trinajstić information content (AvgIpc) is 3.36. The fourth-order valence-corrected chi connectivity index (χ4v) is 4.63. The van der Waals surface area contributed by atoms with Crippen molar-refractivity contribution in [1.82, 2.24) is 19.9 Å². The quantitative estimate of drug-likeness (QED) is 0.885. The Balaban J connectivity index is 1.46. The molecular formula is C19H25N5OS. The number of amides is 1.